The molecule has 0 spiro atoms. The lowest BCUT2D eigenvalue weighted by Gasteiger charge is -2.44. The van der Waals surface area contributed by atoms with Gasteiger partial charge in [-0.2, -0.15) is 5.10 Å². The molecule has 0 saturated carbocycles. The molecule has 3 N–H and O–H groups in total. The molecular formula is C114H219N11O9. The number of hydrogen-bond acceptors (Lipinski definition) is 13. The van der Waals surface area contributed by atoms with Gasteiger partial charge in [-0.15, -0.1) is 0 Å². The number of carbonyl (C=O) groups is 6. The second-order valence-electron chi connectivity index (χ2n) is 55.5. The van der Waals surface area contributed by atoms with Crippen LogP contribution >= 0.6 is 0 Å². The van der Waals surface area contributed by atoms with Crippen LogP contribution in [-0.2, 0) is 43.0 Å². The van der Waals surface area contributed by atoms with E-state index in [-0.39, 0.29) is 93.0 Å². The predicted molar refractivity (Wildman–Crippen MR) is 572 cm³/mol. The molecule has 6 aliphatic heterocycles. The van der Waals surface area contributed by atoms with Gasteiger partial charge in [-0.05, 0) is 326 Å². The second-order valence-corrected chi connectivity index (χ2v) is 55.5. The van der Waals surface area contributed by atoms with Gasteiger partial charge in [0.15, 0.2) is 5.82 Å². The smallest absolute Gasteiger partial charge is 0.251 e. The highest BCUT2D eigenvalue weighted by Crippen LogP contribution is 2.41. The number of piperazine rings is 1. The molecule has 8 rings (SSSR count). The summed E-state index contributed by atoms with van der Waals surface area (Å²) in [6.45, 7) is 118. The minimum absolute atomic E-state index is 0.00370. The molecule has 6 fully saturated rings. The molecule has 6 aliphatic rings. The van der Waals surface area contributed by atoms with Crippen LogP contribution < -0.4 is 15.5 Å². The van der Waals surface area contributed by atoms with Gasteiger partial charge in [0.2, 0.25) is 29.5 Å². The molecule has 7 heterocycles. The summed E-state index contributed by atoms with van der Waals surface area (Å²) in [7, 11) is 0. The molecule has 134 heavy (non-hydrogen) atoms. The number of benzene rings is 1. The van der Waals surface area contributed by atoms with Gasteiger partial charge in [0.1, 0.15) is 19.3 Å². The van der Waals surface area contributed by atoms with Gasteiger partial charge in [0, 0.05) is 132 Å². The van der Waals surface area contributed by atoms with Crippen molar-refractivity contribution < 1.29 is 43.0 Å². The Balaban J connectivity index is 0.00000150. The van der Waals surface area contributed by atoms with Crippen molar-refractivity contribution in [2.45, 2.75) is 462 Å². The van der Waals surface area contributed by atoms with E-state index in [9.17, 15) is 28.8 Å². The third kappa shape index (κ3) is 60.8. The molecule has 784 valence electrons. The number of anilines is 2. The number of aromatic nitrogens is 2. The maximum Gasteiger partial charge on any atom is 0.251 e. The zero-order valence-electron chi connectivity index (χ0n) is 96.9. The Morgan fingerprint density at radius 2 is 0.709 bits per heavy atom. The number of carbonyl (C=O) groups excluding carboxylic acids is 6. The monoisotopic (exact) mass is 1890 g/mol. The van der Waals surface area contributed by atoms with Crippen LogP contribution in [0.3, 0.4) is 0 Å². The number of rotatable bonds is 12. The Morgan fingerprint density at radius 1 is 0.388 bits per heavy atom. The maximum absolute atomic E-state index is 12.3. The first-order chi connectivity index (χ1) is 60.2. The quantitative estimate of drug-likeness (QED) is 0.181. The molecule has 20 nitrogen and oxygen atoms in total. The number of nitrogens with one attached hydrogen (secondary N) is 3. The fourth-order valence-electron chi connectivity index (χ4n) is 17.1. The molecule has 1 aromatic heterocycles. The SMILES string of the molecule is CC(C)(C)C1CCN(C(C)(C)C)CC1.CC(C)(C)CC(=O)NC(C)(C)C.CC(C)(C)CCC(=O)N1CCC(C(C)(C)C)CC1.CC(C)(C)OCC(=O)N1CCC(C(C)(C)C)CC1.CC(C)(C)OCC(=O)N1CCN(C(C)(C)C)CC1.CC(C)C.CC(OC(C)(C)C)C(=O)N1CCC(C(C)(C)C)CC1.Cc1cc(NC(=O)CC(C)(C)C)n[nH]1.Cc1cccc(N2CCC(C(C)(C)C)CC2)c1. The molecular weight excluding hydrogens is 1670 g/mol. The zero-order valence-corrected chi connectivity index (χ0v) is 96.9. The van der Waals surface area contributed by atoms with Gasteiger partial charge in [-0.3, -0.25) is 43.7 Å². The van der Waals surface area contributed by atoms with Crippen molar-refractivity contribution in [3.8, 4) is 0 Å². The van der Waals surface area contributed by atoms with Crippen LogP contribution in [0, 0.1) is 92.7 Å². The third-order valence-corrected chi connectivity index (χ3v) is 25.6. The molecule has 1 aromatic carbocycles. The number of ether oxygens (including phenoxy) is 3. The van der Waals surface area contributed by atoms with Crippen LogP contribution in [0.4, 0.5) is 11.5 Å². The molecule has 6 saturated heterocycles. The number of H-pyrrole nitrogens is 1. The predicted octanol–water partition coefficient (Wildman–Crippen LogP) is 26.3. The van der Waals surface area contributed by atoms with Gasteiger partial charge in [0.25, 0.3) is 5.91 Å². The van der Waals surface area contributed by atoms with Crippen LogP contribution in [0.5, 0.6) is 0 Å². The number of aromatic amines is 1. The summed E-state index contributed by atoms with van der Waals surface area (Å²) in [4.78, 5) is 86.8. The Hall–Kier alpha value is -5.15. The van der Waals surface area contributed by atoms with Crippen molar-refractivity contribution in [3.05, 3.63) is 41.6 Å². The summed E-state index contributed by atoms with van der Waals surface area (Å²) >= 11 is 0. The van der Waals surface area contributed by atoms with Gasteiger partial charge in [-0.25, -0.2) is 0 Å². The second kappa shape index (κ2) is 55.3. The molecule has 0 radical (unpaired) electrons. The fraction of sp³-hybridized carbons (Fsp3) is 0.868. The van der Waals surface area contributed by atoms with Crippen LogP contribution in [0.1, 0.15) is 420 Å². The number of hydrogen-bond donors (Lipinski definition) is 3. The standard InChI is InChI=1S/C16H31NO2.C16H31NO.C16H25N.C15H29NO2.C14H28N2O2.C13H27N.C10H17N3O.C10H21NO.C4H10/c1-12(19-16(5,6)7)14(18)17-10-8-13(9-11-17)15(2,3)4;1-15(2,3)10-7-14(18)17-11-8-13(9-12-17)16(4,5)6;1-13-6-5-7-15(12-13)17-10-8-14(9-11-17)16(2,3)4;1-14(2,3)12-7-9-16(10-8-12)13(17)11-18-15(4,5)6;1-13(2,3)16-9-7-15(8-10-16)12(17)11-18-14(4,5)6;1-12(2,3)11-7-9-14(10-8-11)13(4,5)6;1-7-5-8(13-12-7)11-9(14)6-10(2,3)4;1-9(2,3)7-8(12)11-10(4,5)6;1-4(2)3/h12-13H,8-11H2,1-7H3;13H,7-12H2,1-6H3;5-7,12,14H,8-11H2,1-4H3;12H,7-11H2,1-6H3;7-11H2,1-6H3;11H,7-10H2,1-6H3;5H,6H2,1-4H3,(H2,11,12,13,14);7H2,1-6H3,(H,11,12);4H,1-3H3. The Morgan fingerprint density at radius 3 is 1.01 bits per heavy atom. The van der Waals surface area contributed by atoms with E-state index in [2.05, 4.69) is 279 Å². The van der Waals surface area contributed by atoms with E-state index in [1.165, 1.54) is 76.0 Å². The van der Waals surface area contributed by atoms with Crippen molar-refractivity contribution in [3.63, 3.8) is 0 Å². The maximum atomic E-state index is 12.3. The molecule has 1 unspecified atom stereocenters. The number of aryl methyl sites for hydroxylation is 2. The highest BCUT2D eigenvalue weighted by Gasteiger charge is 2.38. The van der Waals surface area contributed by atoms with E-state index in [1.807, 2.05) is 132 Å². The van der Waals surface area contributed by atoms with E-state index < -0.39 is 0 Å². The van der Waals surface area contributed by atoms with E-state index >= 15 is 0 Å². The van der Waals surface area contributed by atoms with Crippen LogP contribution in [0.25, 0.3) is 0 Å². The molecule has 0 bridgehead atoms. The number of amides is 6. The van der Waals surface area contributed by atoms with Crippen molar-refractivity contribution >= 4 is 46.9 Å². The first-order valence-electron chi connectivity index (χ1n) is 52.2. The highest BCUT2D eigenvalue weighted by atomic mass is 16.5. The van der Waals surface area contributed by atoms with Crippen molar-refractivity contribution in [2.24, 2.45) is 78.8 Å². The van der Waals surface area contributed by atoms with Gasteiger partial charge in [0.05, 0.1) is 16.8 Å². The van der Waals surface area contributed by atoms with Gasteiger partial charge >= 0.3 is 0 Å². The van der Waals surface area contributed by atoms with E-state index in [0.29, 0.717) is 63.6 Å². The lowest BCUT2D eigenvalue weighted by atomic mass is 9.75. The summed E-state index contributed by atoms with van der Waals surface area (Å²) < 4.78 is 16.8. The zero-order chi connectivity index (χ0) is 105. The van der Waals surface area contributed by atoms with Crippen LogP contribution in [0.15, 0.2) is 30.3 Å². The van der Waals surface area contributed by atoms with E-state index in [4.69, 9.17) is 14.2 Å². The lowest BCUT2D eigenvalue weighted by Crippen LogP contribution is -2.55. The highest BCUT2D eigenvalue weighted by molar-refractivity contribution is 5.90. The molecule has 6 amide bonds. The minimum atomic E-state index is -0.341. The summed E-state index contributed by atoms with van der Waals surface area (Å²) in [6, 6.07) is 10.7. The number of likely N-dealkylation sites (tertiary alicyclic amines) is 4. The fourth-order valence-corrected chi connectivity index (χ4v) is 17.1. The van der Waals surface area contributed by atoms with Crippen molar-refractivity contribution in [1.82, 2.24) is 44.9 Å². The topological polar surface area (TPSA) is 206 Å². The average Bonchev–Trinajstić information content (AvgIpc) is 1.49. The lowest BCUT2D eigenvalue weighted by molar-refractivity contribution is -0.153. The van der Waals surface area contributed by atoms with E-state index in [0.717, 1.165) is 139 Å². The van der Waals surface area contributed by atoms with Crippen LogP contribution in [0.2, 0.25) is 0 Å². The minimum Gasteiger partial charge on any atom is -0.372 e. The largest absolute Gasteiger partial charge is 0.372 e. The molecule has 1 atom stereocenters. The normalized spacial score (nSPS) is 17.9. The third-order valence-electron chi connectivity index (χ3n) is 25.6. The van der Waals surface area contributed by atoms with Crippen molar-refractivity contribution in [1.29, 1.82) is 0 Å². The molecule has 20 heteroatoms. The summed E-state index contributed by atoms with van der Waals surface area (Å²) in [5.74, 6) is 6.32. The molecule has 0 aliphatic carbocycles. The summed E-state index contributed by atoms with van der Waals surface area (Å²) in [6.07, 6.45) is 14.7. The van der Waals surface area contributed by atoms with Gasteiger partial charge < -0.3 is 49.3 Å². The van der Waals surface area contributed by atoms with Crippen molar-refractivity contribution in [2.75, 3.05) is 115 Å². The Kier molecular flexibility index (Phi) is 53.2. The van der Waals surface area contributed by atoms with Gasteiger partial charge in [-0.1, -0.05) is 199 Å². The number of piperidine rings is 5. The van der Waals surface area contributed by atoms with Crippen LogP contribution in [-0.4, -0.2) is 219 Å². The summed E-state index contributed by atoms with van der Waals surface area (Å²) in [5.41, 5.74) is 5.82. The first kappa shape index (κ1) is 129. The first-order valence-corrected chi connectivity index (χ1v) is 52.2. The Bertz CT molecular complexity index is 3430. The summed E-state index contributed by atoms with van der Waals surface area (Å²) in [5, 5.41) is 12.4. The Labute approximate surface area is 827 Å². The van der Waals surface area contributed by atoms with E-state index in [1.54, 1.807) is 6.07 Å². The number of nitrogens with zero attached hydrogens (tertiary/aromatic N) is 8. The average molecular weight is 1890 g/mol. The molecule has 2 aromatic rings.